The molecule has 24 rings (SSSR count). The summed E-state index contributed by atoms with van der Waals surface area (Å²) in [5.41, 5.74) is 20.8. The summed E-state index contributed by atoms with van der Waals surface area (Å²) in [6, 6.07) is 126. The minimum atomic E-state index is -0.0237. The maximum atomic E-state index is 11.5. The van der Waals surface area contributed by atoms with Crippen LogP contribution in [0, 0.1) is 63.6 Å². The van der Waals surface area contributed by atoms with Gasteiger partial charge in [-0.1, -0.05) is 144 Å². The number of hydrogen-bond acceptors (Lipinski definition) is 18. The van der Waals surface area contributed by atoms with E-state index < -0.39 is 0 Å². The van der Waals surface area contributed by atoms with E-state index >= 15 is 0 Å². The Kier molecular flexibility index (Phi) is 28.4. The topological polar surface area (TPSA) is 230 Å². The minimum absolute atomic E-state index is 0. The van der Waals surface area contributed by atoms with Crippen molar-refractivity contribution in [2.75, 3.05) is 33.7 Å². The van der Waals surface area contributed by atoms with E-state index in [1.165, 1.54) is 0 Å². The molecule has 0 bridgehead atoms. The zero-order valence-corrected chi connectivity index (χ0v) is 83.6. The zero-order valence-electron chi connectivity index (χ0n) is 74.6. The summed E-state index contributed by atoms with van der Waals surface area (Å²) in [6.45, 7) is 7.86. The van der Waals surface area contributed by atoms with Crippen molar-refractivity contribution in [3.8, 4) is 126 Å². The Labute approximate surface area is 853 Å². The van der Waals surface area contributed by atoms with Gasteiger partial charge in [0.05, 0.1) is 28.2 Å². The normalized spacial score (nSPS) is 11.7. The van der Waals surface area contributed by atoms with Crippen molar-refractivity contribution in [3.63, 3.8) is 0 Å². The summed E-state index contributed by atoms with van der Waals surface area (Å²) >= 11 is 0. The molecule has 2 aliphatic heterocycles. The largest absolute Gasteiger partial charge is 2.00 e. The maximum absolute atomic E-state index is 11.5. The van der Waals surface area contributed by atoms with Crippen molar-refractivity contribution in [1.82, 2.24) is 77.2 Å². The average Bonchev–Trinajstić information content (AvgIpc) is 1.59. The summed E-state index contributed by atoms with van der Waals surface area (Å²) in [4.78, 5) is 55.1. The third-order valence-electron chi connectivity index (χ3n) is 22.9. The fourth-order valence-electron chi connectivity index (χ4n) is 16.6. The Bertz CT molecular complexity index is 8070. The minimum Gasteiger partial charge on any atom is -0.504 e. The van der Waals surface area contributed by atoms with Gasteiger partial charge in [0.1, 0.15) is 40.1 Å². The number of aromatic nitrogens is 16. The monoisotopic (exact) mass is 2520 g/mol. The number of nitrogens with zero attached hydrogens (tertiary/aromatic N) is 20. The predicted molar refractivity (Wildman–Crippen MR) is 523 cm³/mol. The molecule has 0 radical (unpaired) electrons. The van der Waals surface area contributed by atoms with Gasteiger partial charge in [0.25, 0.3) is 0 Å². The number of ether oxygens (including phenoxy) is 2. The number of imidazole rings is 6. The van der Waals surface area contributed by atoms with Gasteiger partial charge in [-0.15, -0.1) is 85.1 Å². The number of benzene rings is 12. The molecule has 24 nitrogen and oxygen atoms in total. The Morgan fingerprint density at radius 3 is 1.12 bits per heavy atom. The standard InChI is InChI=1S/C32H23N5O2.C28H19N5.C27H21N5O2.C23H17N5.4Pt/c1-35-21-36(26-16-9-8-15-25(26)35)28-17-10-18-29(34-28)39-27-20-19-24-30(31(27)38)37(23-13-6-3-7-14-23)32(33-24)22-11-4-2-5-12-22;1-32-18-17-29-28(32)25-14-8-13-23(30-25)21-15-16-24-26(19-21)33(22-11-6-3-7-12-22)27(31-24)20-9-4-2-5-10-20;1-18-28-20-15-16-23(27(33)26(20)32(18)19-9-4-3-5-10-19)34-25-14-8-13-24(29-25)31-17-30(2)21-11-6-7-12-22(21)31;1-16-25-20-12-11-17(15-22(20)28(16)18-7-4-3-5-8-18)19-9-6-10-21(26-19)23-24-13-14-27(23)2;;;;/h2-13,15-21,38H,1H3;2-11,13-18H,1H3;3-9,11-17,33H,1-2H3;3-7,9-14H,1-2H3;;;;/q4*-2;4*+2. The molecule has 2 N–H and O–H groups in total. The smallest absolute Gasteiger partial charge is 0.504 e. The Morgan fingerprint density at radius 2 is 0.667 bits per heavy atom. The zero-order chi connectivity index (χ0) is 90.9. The molecule has 138 heavy (non-hydrogen) atoms. The van der Waals surface area contributed by atoms with E-state index in [1.807, 2.05) is 374 Å². The molecule has 0 saturated heterocycles. The molecule has 0 aliphatic carbocycles. The number of aryl methyl sites for hydroxylation is 4. The number of rotatable bonds is 16. The van der Waals surface area contributed by atoms with Gasteiger partial charge >= 0.3 is 84.3 Å². The molecule has 0 unspecified atom stereocenters. The van der Waals surface area contributed by atoms with Gasteiger partial charge in [0.2, 0.25) is 11.8 Å². The summed E-state index contributed by atoms with van der Waals surface area (Å²) in [6.07, 6.45) is 7.39. The van der Waals surface area contributed by atoms with E-state index in [0.29, 0.717) is 51.2 Å². The quantitative estimate of drug-likeness (QED) is 0.0856. The molecule has 0 saturated carbocycles. The van der Waals surface area contributed by atoms with E-state index in [0.717, 1.165) is 148 Å². The van der Waals surface area contributed by atoms with E-state index in [-0.39, 0.29) is 102 Å². The number of hydrogen-bond donors (Lipinski definition) is 2. The van der Waals surface area contributed by atoms with E-state index in [2.05, 4.69) is 101 Å². The Hall–Kier alpha value is -15.3. The first kappa shape index (κ1) is 94.5. The molecular weight excluding hydrogens is 2450 g/mol. The van der Waals surface area contributed by atoms with Gasteiger partial charge in [0, 0.05) is 95.9 Å². The molecule has 0 fully saturated rings. The van der Waals surface area contributed by atoms with Crippen LogP contribution in [0.4, 0.5) is 34.4 Å². The molecule has 0 spiro atoms. The van der Waals surface area contributed by atoms with Crippen LogP contribution in [-0.4, -0.2) is 102 Å². The van der Waals surface area contributed by atoms with Gasteiger partial charge < -0.3 is 66.7 Å². The second kappa shape index (κ2) is 41.5. The number of phenolic OH excluding ortho intramolecular Hbond substituents is 2. The van der Waals surface area contributed by atoms with Crippen molar-refractivity contribution in [3.05, 3.63) is 414 Å². The van der Waals surface area contributed by atoms with Gasteiger partial charge in [-0.25, -0.2) is 19.9 Å². The van der Waals surface area contributed by atoms with Crippen LogP contribution in [0.3, 0.4) is 0 Å². The third-order valence-corrected chi connectivity index (χ3v) is 22.9. The van der Waals surface area contributed by atoms with Gasteiger partial charge in [-0.05, 0) is 123 Å². The maximum Gasteiger partial charge on any atom is 2.00 e. The van der Waals surface area contributed by atoms with E-state index in [4.69, 9.17) is 39.4 Å². The summed E-state index contributed by atoms with van der Waals surface area (Å²) in [7, 11) is 7.94. The van der Waals surface area contributed by atoms with Crippen molar-refractivity contribution < 1.29 is 104 Å². The first-order valence-electron chi connectivity index (χ1n) is 43.2. The SMILES string of the molecule is CN1[CH-]N(c2cccc(Oc3ccc4nc(-c5ccccc5)n(-c5[c-]cccc5)c4c3O)n2)c2ccccc21.Cc1nc2ccc(-c3cccc(-c4nccn4C)n3)[c-]c2n1-c1[c-]cccc1.Cc1nc2ccc(Oc3cccc(N4[CH-]N(C)c5ccccc54)n3)c(O)c2n1-c1[c-]cccc1.Cn1ccnc1-c1cccc(-c2[c-]c3c(cc2)nc(-c2ccccc2)n3-c2[c-]cccc2)n1.[Pt+2].[Pt+2].[Pt+2].[Pt+2]. The molecule has 12 aromatic carbocycles. The fourth-order valence-corrected chi connectivity index (χ4v) is 16.6. The van der Waals surface area contributed by atoms with Crippen LogP contribution in [-0.2, 0) is 98.4 Å². The van der Waals surface area contributed by atoms with Crippen LogP contribution < -0.4 is 29.1 Å². The van der Waals surface area contributed by atoms with Gasteiger partial charge in [-0.2, -0.15) is 107 Å². The van der Waals surface area contributed by atoms with Gasteiger partial charge in [0.15, 0.2) is 34.6 Å². The number of anilines is 6. The number of para-hydroxylation sites is 8. The van der Waals surface area contributed by atoms with Crippen LogP contribution in [0.15, 0.2) is 352 Å². The van der Waals surface area contributed by atoms with Crippen LogP contribution in [0.1, 0.15) is 11.6 Å². The third kappa shape index (κ3) is 18.9. The Balaban J connectivity index is 0.000000127. The summed E-state index contributed by atoms with van der Waals surface area (Å²) in [5.74, 6) is 7.60. The molecule has 0 amide bonds. The molecule has 22 aromatic rings. The number of pyridine rings is 4. The molecule has 684 valence electrons. The van der Waals surface area contributed by atoms with Crippen molar-refractivity contribution in [1.29, 1.82) is 0 Å². The van der Waals surface area contributed by atoms with Crippen LogP contribution in [0.5, 0.6) is 34.8 Å². The van der Waals surface area contributed by atoms with Crippen molar-refractivity contribution in [2.24, 2.45) is 14.1 Å². The van der Waals surface area contributed by atoms with Crippen LogP contribution in [0.25, 0.3) is 135 Å². The van der Waals surface area contributed by atoms with Crippen LogP contribution in [0.2, 0.25) is 0 Å². The summed E-state index contributed by atoms with van der Waals surface area (Å²) < 4.78 is 24.1. The molecular formula is C110H80N20O4Pt4. The van der Waals surface area contributed by atoms with Gasteiger partial charge in [-0.3, -0.25) is 19.9 Å². The molecule has 0 atom stereocenters. The van der Waals surface area contributed by atoms with E-state index in [9.17, 15) is 10.2 Å². The summed E-state index contributed by atoms with van der Waals surface area (Å²) in [5, 5.41) is 22.7. The molecule has 12 heterocycles. The number of phenols is 2. The molecule has 10 aromatic heterocycles. The molecule has 2 aliphatic rings. The van der Waals surface area contributed by atoms with E-state index in [1.54, 1.807) is 36.7 Å². The first-order valence-corrected chi connectivity index (χ1v) is 43.2. The predicted octanol–water partition coefficient (Wildman–Crippen LogP) is 23.0. The average molecular weight is 2530 g/mol. The number of fused-ring (bicyclic) bond motifs is 6. The van der Waals surface area contributed by atoms with Crippen LogP contribution >= 0.6 is 0 Å². The number of aromatic hydroxyl groups is 2. The van der Waals surface area contributed by atoms with Crippen molar-refractivity contribution in [2.45, 2.75) is 13.8 Å². The Morgan fingerprint density at radius 1 is 0.304 bits per heavy atom. The second-order valence-electron chi connectivity index (χ2n) is 31.6. The first-order chi connectivity index (χ1) is 65.7. The second-order valence-corrected chi connectivity index (χ2v) is 31.6. The molecule has 28 heteroatoms. The van der Waals surface area contributed by atoms with Crippen molar-refractivity contribution >= 4 is 78.5 Å². The fraction of sp³-hybridized carbons (Fsp3) is 0.0545.